The number of fused-ring (bicyclic) bond motifs is 1. The molecule has 0 fully saturated rings. The van der Waals surface area contributed by atoms with Gasteiger partial charge < -0.3 is 23.7 Å². The molecule has 1 N–H and O–H groups in total. The minimum atomic E-state index is -0.496. The molecule has 2 aromatic rings. The Bertz CT molecular complexity index is 717. The number of rotatable bonds is 8. The van der Waals surface area contributed by atoms with Crippen LogP contribution in [0.1, 0.15) is 18.2 Å². The Hall–Kier alpha value is -2.54. The summed E-state index contributed by atoms with van der Waals surface area (Å²) in [6.07, 6.45) is 0.795. The third kappa shape index (κ3) is 4.26. The highest BCUT2D eigenvalue weighted by Crippen LogP contribution is 2.33. The van der Waals surface area contributed by atoms with Crippen molar-refractivity contribution in [2.45, 2.75) is 19.8 Å². The summed E-state index contributed by atoms with van der Waals surface area (Å²) in [5.41, 5.74) is 1.32. The molecular weight excluding hydrogens is 316 g/mol. The molecule has 0 amide bonds. The summed E-state index contributed by atoms with van der Waals surface area (Å²) < 4.78 is 20.8. The van der Waals surface area contributed by atoms with Crippen molar-refractivity contribution in [3.05, 3.63) is 29.5 Å². The van der Waals surface area contributed by atoms with Gasteiger partial charge in [-0.2, -0.15) is 0 Å². The first-order valence-corrected chi connectivity index (χ1v) is 7.54. The molecule has 24 heavy (non-hydrogen) atoms. The fraction of sp³-hybridized carbons (Fsp3) is 0.412. The van der Waals surface area contributed by atoms with Gasteiger partial charge in [-0.05, 0) is 12.5 Å². The number of para-hydroxylation sites is 1. The smallest absolute Gasteiger partial charge is 0.343 e. The standard InChI is InChI=1S/C17H20O7/c1-11(19)22-9-7-14-12(6-8-18)13-4-3-5-15(17(13)24-14)23-10-16(20)21-2/h3-5,18H,6-10H2,1-2H3. The Morgan fingerprint density at radius 2 is 2.04 bits per heavy atom. The van der Waals surface area contributed by atoms with E-state index in [4.69, 9.17) is 13.9 Å². The summed E-state index contributed by atoms with van der Waals surface area (Å²) in [7, 11) is 1.28. The Balaban J connectivity index is 2.30. The molecule has 0 aliphatic carbocycles. The number of aliphatic hydroxyl groups excluding tert-OH is 1. The van der Waals surface area contributed by atoms with E-state index in [1.807, 2.05) is 6.07 Å². The SMILES string of the molecule is COC(=O)COc1cccc2c(CCO)c(CCOC(C)=O)oc12. The van der Waals surface area contributed by atoms with E-state index in [-0.39, 0.29) is 25.8 Å². The highest BCUT2D eigenvalue weighted by molar-refractivity contribution is 5.87. The second kappa shape index (κ2) is 8.35. The lowest BCUT2D eigenvalue weighted by Crippen LogP contribution is -2.12. The number of ether oxygens (including phenoxy) is 3. The number of carbonyl (C=O) groups excluding carboxylic acids is 2. The van der Waals surface area contributed by atoms with E-state index in [0.29, 0.717) is 29.9 Å². The zero-order valence-corrected chi connectivity index (χ0v) is 13.7. The van der Waals surface area contributed by atoms with Crippen molar-refractivity contribution in [2.75, 3.05) is 26.9 Å². The molecule has 0 aliphatic heterocycles. The van der Waals surface area contributed by atoms with Crippen molar-refractivity contribution in [3.63, 3.8) is 0 Å². The summed E-state index contributed by atoms with van der Waals surface area (Å²) in [5.74, 6) is 0.173. The molecule has 2 rings (SSSR count). The number of benzene rings is 1. The van der Waals surface area contributed by atoms with E-state index in [2.05, 4.69) is 4.74 Å². The lowest BCUT2D eigenvalue weighted by atomic mass is 10.1. The molecule has 0 saturated carbocycles. The van der Waals surface area contributed by atoms with Crippen molar-refractivity contribution in [3.8, 4) is 5.75 Å². The number of esters is 2. The molecule has 7 heteroatoms. The molecule has 1 aromatic heterocycles. The van der Waals surface area contributed by atoms with Gasteiger partial charge in [0, 0.05) is 30.9 Å². The van der Waals surface area contributed by atoms with Crippen LogP contribution in [0.3, 0.4) is 0 Å². The molecule has 0 unspecified atom stereocenters. The predicted molar refractivity (Wildman–Crippen MR) is 84.9 cm³/mol. The van der Waals surface area contributed by atoms with Crippen molar-refractivity contribution in [2.24, 2.45) is 0 Å². The summed E-state index contributed by atoms with van der Waals surface area (Å²) in [6.45, 7) is 1.26. The maximum absolute atomic E-state index is 11.2. The van der Waals surface area contributed by atoms with E-state index in [1.54, 1.807) is 12.1 Å². The molecule has 0 aliphatic rings. The first kappa shape index (κ1) is 17.8. The average molecular weight is 336 g/mol. The maximum Gasteiger partial charge on any atom is 0.343 e. The largest absolute Gasteiger partial charge is 0.478 e. The van der Waals surface area contributed by atoms with E-state index in [1.165, 1.54) is 14.0 Å². The average Bonchev–Trinajstić information content (AvgIpc) is 2.91. The molecule has 0 saturated heterocycles. The minimum Gasteiger partial charge on any atom is -0.478 e. The second-order valence-corrected chi connectivity index (χ2v) is 5.07. The topological polar surface area (TPSA) is 95.2 Å². The van der Waals surface area contributed by atoms with Gasteiger partial charge in [-0.3, -0.25) is 4.79 Å². The Labute approximate surface area is 139 Å². The Morgan fingerprint density at radius 1 is 1.25 bits per heavy atom. The van der Waals surface area contributed by atoms with Gasteiger partial charge in [0.15, 0.2) is 17.9 Å². The highest BCUT2D eigenvalue weighted by Gasteiger charge is 2.17. The van der Waals surface area contributed by atoms with Gasteiger partial charge in [-0.1, -0.05) is 12.1 Å². The van der Waals surface area contributed by atoms with Gasteiger partial charge >= 0.3 is 11.9 Å². The zero-order chi connectivity index (χ0) is 17.5. The quantitative estimate of drug-likeness (QED) is 0.732. The van der Waals surface area contributed by atoms with Gasteiger partial charge in [-0.15, -0.1) is 0 Å². The van der Waals surface area contributed by atoms with Crippen molar-refractivity contribution in [1.29, 1.82) is 0 Å². The fourth-order valence-electron chi connectivity index (χ4n) is 2.38. The van der Waals surface area contributed by atoms with Crippen molar-refractivity contribution < 1.29 is 33.3 Å². The van der Waals surface area contributed by atoms with Crippen LogP contribution < -0.4 is 4.74 Å². The van der Waals surface area contributed by atoms with Crippen LogP contribution in [0, 0.1) is 0 Å². The zero-order valence-electron chi connectivity index (χ0n) is 13.7. The number of furan rings is 1. The number of methoxy groups -OCH3 is 1. The van der Waals surface area contributed by atoms with Gasteiger partial charge in [0.2, 0.25) is 0 Å². The van der Waals surface area contributed by atoms with E-state index < -0.39 is 5.97 Å². The Kier molecular flexibility index (Phi) is 6.20. The first-order valence-electron chi connectivity index (χ1n) is 7.54. The molecule has 1 heterocycles. The summed E-state index contributed by atoms with van der Waals surface area (Å²) >= 11 is 0. The van der Waals surface area contributed by atoms with Crippen LogP contribution in [0.5, 0.6) is 5.75 Å². The maximum atomic E-state index is 11.2. The van der Waals surface area contributed by atoms with E-state index in [0.717, 1.165) is 10.9 Å². The summed E-state index contributed by atoms with van der Waals surface area (Å²) in [5, 5.41) is 10.1. The van der Waals surface area contributed by atoms with Crippen LogP contribution in [0.15, 0.2) is 22.6 Å². The second-order valence-electron chi connectivity index (χ2n) is 5.07. The Morgan fingerprint density at radius 3 is 2.71 bits per heavy atom. The molecule has 1 aromatic carbocycles. The van der Waals surface area contributed by atoms with E-state index >= 15 is 0 Å². The van der Waals surface area contributed by atoms with Crippen LogP contribution in [0.2, 0.25) is 0 Å². The van der Waals surface area contributed by atoms with Gasteiger partial charge in [0.05, 0.1) is 13.7 Å². The van der Waals surface area contributed by atoms with Crippen LogP contribution in [-0.2, 0) is 31.9 Å². The number of aliphatic hydroxyl groups is 1. The van der Waals surface area contributed by atoms with Crippen LogP contribution in [0.4, 0.5) is 0 Å². The first-order chi connectivity index (χ1) is 11.6. The highest BCUT2D eigenvalue weighted by atomic mass is 16.6. The van der Waals surface area contributed by atoms with Crippen LogP contribution >= 0.6 is 0 Å². The molecule has 0 radical (unpaired) electrons. The molecule has 130 valence electrons. The molecule has 0 bridgehead atoms. The molecular formula is C17H20O7. The van der Waals surface area contributed by atoms with E-state index in [9.17, 15) is 14.7 Å². The number of carbonyl (C=O) groups is 2. The van der Waals surface area contributed by atoms with Gasteiger partial charge in [0.1, 0.15) is 5.76 Å². The molecule has 0 atom stereocenters. The summed E-state index contributed by atoms with van der Waals surface area (Å²) in [6, 6.07) is 5.32. The molecule has 0 spiro atoms. The van der Waals surface area contributed by atoms with Gasteiger partial charge in [-0.25, -0.2) is 4.79 Å². The predicted octanol–water partition coefficient (Wildman–Crippen LogP) is 1.62. The third-order valence-corrected chi connectivity index (χ3v) is 3.44. The third-order valence-electron chi connectivity index (χ3n) is 3.44. The van der Waals surface area contributed by atoms with Crippen molar-refractivity contribution in [1.82, 2.24) is 0 Å². The lowest BCUT2D eigenvalue weighted by molar-refractivity contribution is -0.143. The van der Waals surface area contributed by atoms with Crippen molar-refractivity contribution >= 4 is 22.9 Å². The number of hydrogen-bond acceptors (Lipinski definition) is 7. The monoisotopic (exact) mass is 336 g/mol. The lowest BCUT2D eigenvalue weighted by Gasteiger charge is -2.05. The van der Waals surface area contributed by atoms with Crippen LogP contribution in [0.25, 0.3) is 11.0 Å². The normalized spacial score (nSPS) is 10.6. The fourth-order valence-corrected chi connectivity index (χ4v) is 2.38. The molecule has 7 nitrogen and oxygen atoms in total. The number of hydrogen-bond donors (Lipinski definition) is 1. The minimum absolute atomic E-state index is 0.0392. The van der Waals surface area contributed by atoms with Crippen LogP contribution in [-0.4, -0.2) is 44.0 Å². The van der Waals surface area contributed by atoms with Gasteiger partial charge in [0.25, 0.3) is 0 Å². The summed E-state index contributed by atoms with van der Waals surface area (Å²) in [4.78, 5) is 22.1.